The van der Waals surface area contributed by atoms with E-state index in [1.165, 1.54) is 0 Å². The van der Waals surface area contributed by atoms with Crippen molar-refractivity contribution in [3.63, 3.8) is 0 Å². The van der Waals surface area contributed by atoms with Crippen LogP contribution in [0, 0.1) is 0 Å². The Balaban J connectivity index is 2.11. The molecule has 0 radical (unpaired) electrons. The smallest absolute Gasteiger partial charge is 0.255 e. The molecule has 5 heteroatoms. The predicted molar refractivity (Wildman–Crippen MR) is 78.8 cm³/mol. The number of hydrogen-bond acceptors (Lipinski definition) is 4. The van der Waals surface area contributed by atoms with Gasteiger partial charge in [0.25, 0.3) is 5.56 Å². The zero-order chi connectivity index (χ0) is 14.1. The lowest BCUT2D eigenvalue weighted by molar-refractivity contribution is 0.682. The largest absolute Gasteiger partial charge is 0.339 e. The molecule has 1 saturated heterocycles. The number of aromatic nitrogens is 3. The van der Waals surface area contributed by atoms with Crippen LogP contribution in [0.1, 0.15) is 19.8 Å². The van der Waals surface area contributed by atoms with Crippen LogP contribution in [-0.2, 0) is 7.05 Å². The van der Waals surface area contributed by atoms with E-state index in [-0.39, 0.29) is 5.56 Å². The highest BCUT2D eigenvalue weighted by atomic mass is 16.1. The van der Waals surface area contributed by atoms with Gasteiger partial charge in [0.05, 0.1) is 5.69 Å². The highest BCUT2D eigenvalue weighted by Crippen LogP contribution is 2.24. The highest BCUT2D eigenvalue weighted by Gasteiger charge is 2.24. The average Bonchev–Trinajstić information content (AvgIpc) is 2.89. The van der Waals surface area contributed by atoms with E-state index >= 15 is 0 Å². The standard InChI is InChI=1S/C15H18N4O/c1-11-4-3-9-19(11)15-17-13(10-14(20)18(15)2)12-5-7-16-8-6-12/h5-8,10-11H,3-4,9H2,1-2H3/t11-/m1/s1. The summed E-state index contributed by atoms with van der Waals surface area (Å²) >= 11 is 0. The monoisotopic (exact) mass is 270 g/mol. The summed E-state index contributed by atoms with van der Waals surface area (Å²) in [5.41, 5.74) is 1.61. The maximum Gasteiger partial charge on any atom is 0.255 e. The fourth-order valence-electron chi connectivity index (χ4n) is 2.69. The average molecular weight is 270 g/mol. The van der Waals surface area contributed by atoms with E-state index < -0.39 is 0 Å². The van der Waals surface area contributed by atoms with Gasteiger partial charge in [-0.15, -0.1) is 0 Å². The summed E-state index contributed by atoms with van der Waals surface area (Å²) in [6, 6.07) is 5.76. The molecule has 1 fully saturated rings. The Morgan fingerprint density at radius 2 is 2.05 bits per heavy atom. The van der Waals surface area contributed by atoms with Gasteiger partial charge in [-0.25, -0.2) is 4.98 Å². The third-order valence-corrected chi connectivity index (χ3v) is 3.90. The second kappa shape index (κ2) is 5.07. The first-order valence-electron chi connectivity index (χ1n) is 6.92. The third-order valence-electron chi connectivity index (χ3n) is 3.90. The minimum Gasteiger partial charge on any atom is -0.339 e. The molecule has 0 aliphatic carbocycles. The van der Waals surface area contributed by atoms with Crippen molar-refractivity contribution in [2.75, 3.05) is 11.4 Å². The molecule has 0 amide bonds. The van der Waals surface area contributed by atoms with Crippen molar-refractivity contribution in [3.8, 4) is 11.3 Å². The summed E-state index contributed by atoms with van der Waals surface area (Å²) in [6.45, 7) is 3.14. The fourth-order valence-corrected chi connectivity index (χ4v) is 2.69. The molecular weight excluding hydrogens is 252 g/mol. The molecule has 0 N–H and O–H groups in total. The Morgan fingerprint density at radius 1 is 1.30 bits per heavy atom. The van der Waals surface area contributed by atoms with Crippen LogP contribution in [0.2, 0.25) is 0 Å². The van der Waals surface area contributed by atoms with Crippen molar-refractivity contribution in [1.82, 2.24) is 14.5 Å². The molecule has 2 aromatic rings. The van der Waals surface area contributed by atoms with Gasteiger partial charge in [0, 0.05) is 43.7 Å². The van der Waals surface area contributed by atoms with E-state index in [1.807, 2.05) is 12.1 Å². The summed E-state index contributed by atoms with van der Waals surface area (Å²) in [4.78, 5) is 23.1. The summed E-state index contributed by atoms with van der Waals surface area (Å²) in [5.74, 6) is 0.759. The number of hydrogen-bond donors (Lipinski definition) is 0. The molecule has 104 valence electrons. The Kier molecular flexibility index (Phi) is 3.26. The zero-order valence-corrected chi connectivity index (χ0v) is 11.8. The summed E-state index contributed by atoms with van der Waals surface area (Å²) in [5, 5.41) is 0. The van der Waals surface area contributed by atoms with Crippen LogP contribution < -0.4 is 10.5 Å². The molecule has 2 aromatic heterocycles. The fraction of sp³-hybridized carbons (Fsp3) is 0.400. The van der Waals surface area contributed by atoms with Crippen LogP contribution in [0.15, 0.2) is 35.4 Å². The van der Waals surface area contributed by atoms with E-state index in [9.17, 15) is 4.79 Å². The Labute approximate surface area is 117 Å². The van der Waals surface area contributed by atoms with Crippen molar-refractivity contribution in [3.05, 3.63) is 40.9 Å². The number of nitrogens with zero attached hydrogens (tertiary/aromatic N) is 4. The van der Waals surface area contributed by atoms with Gasteiger partial charge in [0.1, 0.15) is 0 Å². The van der Waals surface area contributed by atoms with Crippen LogP contribution in [0.3, 0.4) is 0 Å². The van der Waals surface area contributed by atoms with Crippen LogP contribution in [-0.4, -0.2) is 27.1 Å². The van der Waals surface area contributed by atoms with Crippen LogP contribution >= 0.6 is 0 Å². The Hall–Kier alpha value is -2.17. The summed E-state index contributed by atoms with van der Waals surface area (Å²) in [6.07, 6.45) is 5.73. The van der Waals surface area contributed by atoms with Gasteiger partial charge in [0.2, 0.25) is 5.95 Å². The summed E-state index contributed by atoms with van der Waals surface area (Å²) < 4.78 is 1.63. The Bertz CT molecular complexity index is 665. The lowest BCUT2D eigenvalue weighted by Crippen LogP contribution is -2.33. The minimum atomic E-state index is -0.0269. The van der Waals surface area contributed by atoms with Crippen molar-refractivity contribution in [1.29, 1.82) is 0 Å². The summed E-state index contributed by atoms with van der Waals surface area (Å²) in [7, 11) is 1.78. The number of pyridine rings is 1. The maximum atomic E-state index is 12.2. The molecule has 0 aromatic carbocycles. The quantitative estimate of drug-likeness (QED) is 0.835. The van der Waals surface area contributed by atoms with Gasteiger partial charge in [-0.3, -0.25) is 14.3 Å². The molecule has 0 saturated carbocycles. The van der Waals surface area contributed by atoms with E-state index in [0.717, 1.165) is 30.9 Å². The predicted octanol–water partition coefficient (Wildman–Crippen LogP) is 1.83. The van der Waals surface area contributed by atoms with Gasteiger partial charge in [-0.1, -0.05) is 0 Å². The molecule has 0 bridgehead atoms. The van der Waals surface area contributed by atoms with Gasteiger partial charge in [0.15, 0.2) is 0 Å². The lowest BCUT2D eigenvalue weighted by atomic mass is 10.2. The first-order chi connectivity index (χ1) is 9.66. The van der Waals surface area contributed by atoms with E-state index in [0.29, 0.717) is 11.7 Å². The van der Waals surface area contributed by atoms with Crippen molar-refractivity contribution in [2.45, 2.75) is 25.8 Å². The molecular formula is C15H18N4O. The number of anilines is 1. The molecule has 3 rings (SSSR count). The number of rotatable bonds is 2. The first-order valence-corrected chi connectivity index (χ1v) is 6.92. The van der Waals surface area contributed by atoms with E-state index in [4.69, 9.17) is 4.98 Å². The van der Waals surface area contributed by atoms with Crippen molar-refractivity contribution in [2.24, 2.45) is 7.05 Å². The molecule has 0 unspecified atom stereocenters. The first kappa shape index (κ1) is 12.8. The second-order valence-corrected chi connectivity index (χ2v) is 5.26. The second-order valence-electron chi connectivity index (χ2n) is 5.26. The molecule has 1 atom stereocenters. The molecule has 20 heavy (non-hydrogen) atoms. The minimum absolute atomic E-state index is 0.0269. The topological polar surface area (TPSA) is 51.0 Å². The van der Waals surface area contributed by atoms with Crippen LogP contribution in [0.4, 0.5) is 5.95 Å². The maximum absolute atomic E-state index is 12.2. The van der Waals surface area contributed by atoms with Gasteiger partial charge < -0.3 is 4.90 Å². The van der Waals surface area contributed by atoms with Gasteiger partial charge in [-0.05, 0) is 31.9 Å². The third kappa shape index (κ3) is 2.19. The molecule has 1 aliphatic rings. The van der Waals surface area contributed by atoms with E-state index in [1.54, 1.807) is 30.1 Å². The SMILES string of the molecule is C[C@@H]1CCCN1c1nc(-c2ccncc2)cc(=O)n1C. The molecule has 3 heterocycles. The van der Waals surface area contributed by atoms with Crippen LogP contribution in [0.5, 0.6) is 0 Å². The van der Waals surface area contributed by atoms with E-state index in [2.05, 4.69) is 16.8 Å². The molecule has 5 nitrogen and oxygen atoms in total. The van der Waals surface area contributed by atoms with Gasteiger partial charge in [-0.2, -0.15) is 0 Å². The lowest BCUT2D eigenvalue weighted by Gasteiger charge is -2.24. The van der Waals surface area contributed by atoms with Crippen molar-refractivity contribution >= 4 is 5.95 Å². The van der Waals surface area contributed by atoms with Crippen LogP contribution in [0.25, 0.3) is 11.3 Å². The molecule has 1 aliphatic heterocycles. The zero-order valence-electron chi connectivity index (χ0n) is 11.8. The van der Waals surface area contributed by atoms with Gasteiger partial charge >= 0.3 is 0 Å². The normalized spacial score (nSPS) is 18.5. The highest BCUT2D eigenvalue weighted by molar-refractivity contribution is 5.59. The molecule has 0 spiro atoms. The van der Waals surface area contributed by atoms with Crippen molar-refractivity contribution < 1.29 is 0 Å². The Morgan fingerprint density at radius 3 is 2.70 bits per heavy atom.